The van der Waals surface area contributed by atoms with Crippen molar-refractivity contribution in [1.82, 2.24) is 0 Å². The average Bonchev–Trinajstić information content (AvgIpc) is 1.97. The Hall–Kier alpha value is -0.290. The van der Waals surface area contributed by atoms with Crippen molar-refractivity contribution in [2.45, 2.75) is 6.92 Å². The first-order chi connectivity index (χ1) is 5.54. The molecule has 12 heavy (non-hydrogen) atoms. The largest absolute Gasteiger partial charge is 0.507 e. The molecule has 0 amide bonds. The highest BCUT2D eigenvalue weighted by Gasteiger charge is 2.12. The van der Waals surface area contributed by atoms with Crippen LogP contribution in [0.5, 0.6) is 5.75 Å². The molecule has 2 nitrogen and oxygen atoms in total. The number of carbonyl (C=O) groups excluding carboxylic acids is 1. The fourth-order valence-corrected chi connectivity index (χ4v) is 2.16. The van der Waals surface area contributed by atoms with Crippen molar-refractivity contribution in [3.05, 3.63) is 26.3 Å². The number of phenolic OH excluding ortho intramolecular Hbond substituents is 1. The van der Waals surface area contributed by atoms with Crippen LogP contribution in [0.3, 0.4) is 0 Å². The SMILES string of the molecule is CC(=O)c1c(Cl)ccc(O)c1I. The third-order valence-electron chi connectivity index (χ3n) is 1.42. The van der Waals surface area contributed by atoms with Gasteiger partial charge < -0.3 is 5.11 Å². The van der Waals surface area contributed by atoms with Gasteiger partial charge in [0.1, 0.15) is 5.75 Å². The molecule has 1 N–H and O–H groups in total. The Morgan fingerprint density at radius 2 is 2.17 bits per heavy atom. The van der Waals surface area contributed by atoms with E-state index in [2.05, 4.69) is 0 Å². The van der Waals surface area contributed by atoms with Gasteiger partial charge in [-0.1, -0.05) is 11.6 Å². The lowest BCUT2D eigenvalue weighted by Crippen LogP contribution is -1.97. The van der Waals surface area contributed by atoms with E-state index in [0.29, 0.717) is 14.2 Å². The van der Waals surface area contributed by atoms with Gasteiger partial charge in [0.2, 0.25) is 0 Å². The molecule has 1 rings (SSSR count). The van der Waals surface area contributed by atoms with E-state index in [9.17, 15) is 9.90 Å². The summed E-state index contributed by atoms with van der Waals surface area (Å²) in [7, 11) is 0. The smallest absolute Gasteiger partial charge is 0.162 e. The van der Waals surface area contributed by atoms with Crippen LogP contribution in [-0.2, 0) is 0 Å². The van der Waals surface area contributed by atoms with Crippen molar-refractivity contribution in [2.24, 2.45) is 0 Å². The third kappa shape index (κ3) is 1.72. The van der Waals surface area contributed by atoms with Gasteiger partial charge in [-0.3, -0.25) is 4.79 Å². The van der Waals surface area contributed by atoms with Crippen molar-refractivity contribution in [1.29, 1.82) is 0 Å². The number of halogens is 2. The predicted octanol–water partition coefficient (Wildman–Crippen LogP) is 2.85. The van der Waals surface area contributed by atoms with E-state index in [1.54, 1.807) is 0 Å². The van der Waals surface area contributed by atoms with Gasteiger partial charge in [0.25, 0.3) is 0 Å². The van der Waals surface area contributed by atoms with Crippen LogP contribution in [-0.4, -0.2) is 10.9 Å². The molecule has 0 saturated heterocycles. The molecule has 0 aromatic heterocycles. The Labute approximate surface area is 88.7 Å². The number of hydrogen-bond donors (Lipinski definition) is 1. The second-order valence-electron chi connectivity index (χ2n) is 2.31. The molecule has 0 saturated carbocycles. The molecule has 0 radical (unpaired) electrons. The van der Waals surface area contributed by atoms with Crippen molar-refractivity contribution in [2.75, 3.05) is 0 Å². The molecule has 1 aromatic rings. The Balaban J connectivity index is 3.43. The van der Waals surface area contributed by atoms with Gasteiger partial charge in [-0.05, 0) is 41.6 Å². The van der Waals surface area contributed by atoms with E-state index in [1.165, 1.54) is 19.1 Å². The Bertz CT molecular complexity index is 336. The standard InChI is InChI=1S/C8H6ClIO2/c1-4(11)7-5(9)2-3-6(12)8(7)10/h2-3,12H,1H3. The Morgan fingerprint density at radius 3 is 2.58 bits per heavy atom. The number of phenols is 1. The molecule has 0 bridgehead atoms. The van der Waals surface area contributed by atoms with E-state index < -0.39 is 0 Å². The zero-order valence-corrected chi connectivity index (χ0v) is 9.18. The summed E-state index contributed by atoms with van der Waals surface area (Å²) in [6, 6.07) is 2.98. The predicted molar refractivity (Wildman–Crippen MR) is 55.8 cm³/mol. The van der Waals surface area contributed by atoms with Crippen LogP contribution >= 0.6 is 34.2 Å². The maximum absolute atomic E-state index is 11.0. The molecule has 0 fully saturated rings. The van der Waals surface area contributed by atoms with E-state index >= 15 is 0 Å². The lowest BCUT2D eigenvalue weighted by molar-refractivity contribution is 0.101. The molecule has 0 aliphatic carbocycles. The number of benzene rings is 1. The van der Waals surface area contributed by atoms with E-state index in [1.807, 2.05) is 22.6 Å². The second-order valence-corrected chi connectivity index (χ2v) is 3.80. The molecule has 4 heteroatoms. The summed E-state index contributed by atoms with van der Waals surface area (Å²) in [6.07, 6.45) is 0. The van der Waals surface area contributed by atoms with Crippen molar-refractivity contribution >= 4 is 40.0 Å². The molecule has 0 aliphatic heterocycles. The number of hydrogen-bond acceptors (Lipinski definition) is 2. The first-order valence-corrected chi connectivity index (χ1v) is 4.67. The van der Waals surface area contributed by atoms with Crippen molar-refractivity contribution in [3.63, 3.8) is 0 Å². The van der Waals surface area contributed by atoms with Gasteiger partial charge in [-0.15, -0.1) is 0 Å². The molecule has 1 aromatic carbocycles. The first-order valence-electron chi connectivity index (χ1n) is 3.22. The fourth-order valence-electron chi connectivity index (χ4n) is 0.864. The summed E-state index contributed by atoms with van der Waals surface area (Å²) in [5, 5.41) is 9.63. The lowest BCUT2D eigenvalue weighted by atomic mass is 10.1. The van der Waals surface area contributed by atoms with Crippen LogP contribution in [0.1, 0.15) is 17.3 Å². The summed E-state index contributed by atoms with van der Waals surface area (Å²) < 4.78 is 0.507. The van der Waals surface area contributed by atoms with Gasteiger partial charge in [0, 0.05) is 0 Å². The molecule has 0 atom stereocenters. The van der Waals surface area contributed by atoms with Gasteiger partial charge in [0.05, 0.1) is 14.2 Å². The number of aromatic hydroxyl groups is 1. The third-order valence-corrected chi connectivity index (χ3v) is 2.83. The minimum absolute atomic E-state index is 0.0881. The maximum atomic E-state index is 11.0. The first kappa shape index (κ1) is 9.80. The summed E-state index contributed by atoms with van der Waals surface area (Å²) in [5.41, 5.74) is 0.386. The molecule has 0 heterocycles. The van der Waals surface area contributed by atoms with Crippen LogP contribution in [0.15, 0.2) is 12.1 Å². The monoisotopic (exact) mass is 296 g/mol. The van der Waals surface area contributed by atoms with Crippen LogP contribution in [0.4, 0.5) is 0 Å². The normalized spacial score (nSPS) is 9.92. The molecule has 0 spiro atoms. The number of rotatable bonds is 1. The summed E-state index contributed by atoms with van der Waals surface area (Å²) in [4.78, 5) is 11.0. The quantitative estimate of drug-likeness (QED) is 0.639. The summed E-state index contributed by atoms with van der Waals surface area (Å²) >= 11 is 7.65. The highest BCUT2D eigenvalue weighted by atomic mass is 127. The molecular weight excluding hydrogens is 290 g/mol. The minimum Gasteiger partial charge on any atom is -0.507 e. The van der Waals surface area contributed by atoms with Crippen LogP contribution in [0.2, 0.25) is 5.02 Å². The number of ketones is 1. The van der Waals surface area contributed by atoms with Gasteiger partial charge in [-0.2, -0.15) is 0 Å². The van der Waals surface area contributed by atoms with E-state index in [-0.39, 0.29) is 11.5 Å². The van der Waals surface area contributed by atoms with Crippen molar-refractivity contribution < 1.29 is 9.90 Å². The van der Waals surface area contributed by atoms with Crippen LogP contribution in [0.25, 0.3) is 0 Å². The second kappa shape index (κ2) is 3.62. The zero-order valence-electron chi connectivity index (χ0n) is 6.27. The maximum Gasteiger partial charge on any atom is 0.162 e. The van der Waals surface area contributed by atoms with Crippen LogP contribution in [0, 0.1) is 3.57 Å². The minimum atomic E-state index is -0.139. The van der Waals surface area contributed by atoms with E-state index in [4.69, 9.17) is 11.6 Å². The topological polar surface area (TPSA) is 37.3 Å². The highest BCUT2D eigenvalue weighted by Crippen LogP contribution is 2.29. The molecule has 64 valence electrons. The van der Waals surface area contributed by atoms with Crippen LogP contribution < -0.4 is 0 Å². The molecule has 0 aliphatic rings. The van der Waals surface area contributed by atoms with Gasteiger partial charge >= 0.3 is 0 Å². The lowest BCUT2D eigenvalue weighted by Gasteiger charge is -2.04. The van der Waals surface area contributed by atoms with E-state index in [0.717, 1.165) is 0 Å². The van der Waals surface area contributed by atoms with Gasteiger partial charge in [-0.25, -0.2) is 0 Å². The zero-order chi connectivity index (χ0) is 9.30. The summed E-state index contributed by atoms with van der Waals surface area (Å²) in [6.45, 7) is 1.42. The molecular formula is C8H6ClIO2. The average molecular weight is 296 g/mol. The van der Waals surface area contributed by atoms with Gasteiger partial charge in [0.15, 0.2) is 5.78 Å². The Morgan fingerprint density at radius 1 is 1.58 bits per heavy atom. The van der Waals surface area contributed by atoms with Crippen molar-refractivity contribution in [3.8, 4) is 5.75 Å². The summed E-state index contributed by atoms with van der Waals surface area (Å²) in [5.74, 6) is -0.0505. The molecule has 0 unspecified atom stereocenters. The Kier molecular flexibility index (Phi) is 2.95. The fraction of sp³-hybridized carbons (Fsp3) is 0.125. The number of Topliss-reactive ketones (excluding diaryl/α,β-unsaturated/α-hetero) is 1. The number of carbonyl (C=O) groups is 1. The highest BCUT2D eigenvalue weighted by molar-refractivity contribution is 14.1.